The van der Waals surface area contributed by atoms with Crippen LogP contribution in [-0.2, 0) is 5.92 Å². The Kier molecular flexibility index (Phi) is 4.00. The van der Waals surface area contributed by atoms with Crippen molar-refractivity contribution in [2.45, 2.75) is 5.92 Å². The van der Waals surface area contributed by atoms with Gasteiger partial charge in [-0.25, -0.2) is 0 Å². The van der Waals surface area contributed by atoms with Crippen LogP contribution in [0.25, 0.3) is 0 Å². The number of ether oxygens (including phenoxy) is 1. The van der Waals surface area contributed by atoms with Crippen LogP contribution in [0.2, 0.25) is 0 Å². The molecule has 0 fully saturated rings. The third-order valence-corrected chi connectivity index (χ3v) is 2.76. The smallest absolute Gasteiger partial charge is 0.306 e. The van der Waals surface area contributed by atoms with Crippen LogP contribution in [0.1, 0.15) is 5.56 Å². The number of hydrogen-bond acceptors (Lipinski definition) is 2. The summed E-state index contributed by atoms with van der Waals surface area (Å²) >= 11 is 0. The zero-order valence-corrected chi connectivity index (χ0v) is 10.6. The van der Waals surface area contributed by atoms with Crippen LogP contribution in [-0.4, -0.2) is 13.7 Å². The monoisotopic (exact) mass is 263 g/mol. The Morgan fingerprint density at radius 2 is 1.63 bits per heavy atom. The van der Waals surface area contributed by atoms with E-state index in [1.807, 2.05) is 0 Å². The minimum atomic E-state index is -3.00. The Bertz CT molecular complexity index is 511. The van der Waals surface area contributed by atoms with E-state index in [2.05, 4.69) is 5.32 Å². The summed E-state index contributed by atoms with van der Waals surface area (Å²) < 4.78 is 32.8. The average molecular weight is 263 g/mol. The van der Waals surface area contributed by atoms with Gasteiger partial charge in [-0.3, -0.25) is 0 Å². The Morgan fingerprint density at radius 3 is 2.21 bits per heavy atom. The number of alkyl halides is 2. The highest BCUT2D eigenvalue weighted by Crippen LogP contribution is 2.28. The van der Waals surface area contributed by atoms with Crippen LogP contribution >= 0.6 is 0 Å². The van der Waals surface area contributed by atoms with E-state index in [1.54, 1.807) is 49.5 Å². The lowest BCUT2D eigenvalue weighted by Crippen LogP contribution is -2.23. The van der Waals surface area contributed by atoms with Crippen molar-refractivity contribution in [1.82, 2.24) is 0 Å². The van der Waals surface area contributed by atoms with E-state index in [9.17, 15) is 8.78 Å². The zero-order chi connectivity index (χ0) is 13.7. The molecule has 0 aromatic heterocycles. The van der Waals surface area contributed by atoms with Gasteiger partial charge in [0, 0.05) is 18.3 Å². The summed E-state index contributed by atoms with van der Waals surface area (Å²) in [6.07, 6.45) is 0. The van der Waals surface area contributed by atoms with E-state index in [1.165, 1.54) is 12.1 Å². The molecule has 19 heavy (non-hydrogen) atoms. The largest absolute Gasteiger partial charge is 0.487 e. The molecule has 0 spiro atoms. The second-order valence-electron chi connectivity index (χ2n) is 4.13. The van der Waals surface area contributed by atoms with Crippen LogP contribution in [0.15, 0.2) is 54.6 Å². The van der Waals surface area contributed by atoms with Crippen LogP contribution in [0.3, 0.4) is 0 Å². The molecule has 2 nitrogen and oxygen atoms in total. The summed E-state index contributed by atoms with van der Waals surface area (Å²) in [5, 5.41) is 2.95. The normalized spacial score (nSPS) is 11.1. The number of nitrogens with one attached hydrogen (secondary N) is 1. The molecule has 0 aliphatic rings. The van der Waals surface area contributed by atoms with Crippen LogP contribution in [0, 0.1) is 0 Å². The maximum absolute atomic E-state index is 13.8. The molecule has 2 aromatic rings. The van der Waals surface area contributed by atoms with Crippen molar-refractivity contribution in [3.05, 3.63) is 60.2 Å². The third kappa shape index (κ3) is 3.44. The van der Waals surface area contributed by atoms with Gasteiger partial charge in [-0.15, -0.1) is 0 Å². The SMILES string of the molecule is CNc1ccc(OCC(F)(F)c2ccccc2)cc1. The highest BCUT2D eigenvalue weighted by molar-refractivity contribution is 5.45. The van der Waals surface area contributed by atoms with E-state index in [0.717, 1.165) is 5.69 Å². The summed E-state index contributed by atoms with van der Waals surface area (Å²) in [6.45, 7) is -0.671. The lowest BCUT2D eigenvalue weighted by atomic mass is 10.1. The second kappa shape index (κ2) is 5.69. The fourth-order valence-corrected chi connectivity index (χ4v) is 1.66. The first-order chi connectivity index (χ1) is 9.12. The first-order valence-electron chi connectivity index (χ1n) is 5.96. The first kappa shape index (κ1) is 13.3. The Labute approximate surface area is 111 Å². The van der Waals surface area contributed by atoms with E-state index in [-0.39, 0.29) is 5.56 Å². The fourth-order valence-electron chi connectivity index (χ4n) is 1.66. The molecule has 0 bridgehead atoms. The molecule has 1 N–H and O–H groups in total. The summed E-state index contributed by atoms with van der Waals surface area (Å²) in [5.41, 5.74) is 0.865. The molecular weight excluding hydrogens is 248 g/mol. The zero-order valence-electron chi connectivity index (χ0n) is 10.6. The van der Waals surface area contributed by atoms with E-state index in [4.69, 9.17) is 4.74 Å². The first-order valence-corrected chi connectivity index (χ1v) is 5.96. The summed E-state index contributed by atoms with van der Waals surface area (Å²) in [7, 11) is 1.79. The quantitative estimate of drug-likeness (QED) is 0.883. The highest BCUT2D eigenvalue weighted by atomic mass is 19.3. The number of anilines is 1. The van der Waals surface area contributed by atoms with Crippen LogP contribution in [0.5, 0.6) is 5.75 Å². The van der Waals surface area contributed by atoms with E-state index in [0.29, 0.717) is 5.75 Å². The predicted octanol–water partition coefficient (Wildman–Crippen LogP) is 3.90. The molecule has 0 saturated carbocycles. The molecule has 2 rings (SSSR count). The lowest BCUT2D eigenvalue weighted by molar-refractivity contribution is -0.0467. The molecule has 0 atom stereocenters. The van der Waals surface area contributed by atoms with Gasteiger partial charge in [0.15, 0.2) is 6.61 Å². The summed E-state index contributed by atoms with van der Waals surface area (Å²) in [5.74, 6) is -2.57. The van der Waals surface area contributed by atoms with Crippen LogP contribution < -0.4 is 10.1 Å². The van der Waals surface area contributed by atoms with Crippen molar-refractivity contribution in [2.75, 3.05) is 19.0 Å². The van der Waals surface area contributed by atoms with Gasteiger partial charge in [-0.05, 0) is 24.3 Å². The Hall–Kier alpha value is -2.10. The van der Waals surface area contributed by atoms with Gasteiger partial charge in [0.25, 0.3) is 0 Å². The van der Waals surface area contributed by atoms with Gasteiger partial charge in [0.05, 0.1) is 0 Å². The molecule has 0 saturated heterocycles. The van der Waals surface area contributed by atoms with Crippen molar-refractivity contribution in [3.8, 4) is 5.75 Å². The number of rotatable bonds is 5. The van der Waals surface area contributed by atoms with Gasteiger partial charge in [0.1, 0.15) is 5.75 Å². The van der Waals surface area contributed by atoms with Gasteiger partial charge in [0.2, 0.25) is 0 Å². The highest BCUT2D eigenvalue weighted by Gasteiger charge is 2.32. The van der Waals surface area contributed by atoms with E-state index >= 15 is 0 Å². The van der Waals surface area contributed by atoms with Crippen molar-refractivity contribution in [2.24, 2.45) is 0 Å². The molecule has 0 radical (unpaired) electrons. The minimum absolute atomic E-state index is 0.0400. The topological polar surface area (TPSA) is 21.3 Å². The van der Waals surface area contributed by atoms with Crippen molar-refractivity contribution >= 4 is 5.69 Å². The molecule has 0 amide bonds. The van der Waals surface area contributed by atoms with Crippen molar-refractivity contribution in [1.29, 1.82) is 0 Å². The molecule has 0 aliphatic heterocycles. The molecular formula is C15H15F2NO. The number of hydrogen-bond donors (Lipinski definition) is 1. The Morgan fingerprint density at radius 1 is 1.00 bits per heavy atom. The van der Waals surface area contributed by atoms with Crippen molar-refractivity contribution in [3.63, 3.8) is 0 Å². The molecule has 2 aromatic carbocycles. The third-order valence-electron chi connectivity index (χ3n) is 2.76. The maximum Gasteiger partial charge on any atom is 0.306 e. The van der Waals surface area contributed by atoms with Crippen LogP contribution in [0.4, 0.5) is 14.5 Å². The van der Waals surface area contributed by atoms with Crippen molar-refractivity contribution < 1.29 is 13.5 Å². The maximum atomic E-state index is 13.8. The van der Waals surface area contributed by atoms with Gasteiger partial charge < -0.3 is 10.1 Å². The molecule has 0 aliphatic carbocycles. The van der Waals surface area contributed by atoms with Gasteiger partial charge in [-0.1, -0.05) is 30.3 Å². The van der Waals surface area contributed by atoms with E-state index < -0.39 is 12.5 Å². The molecule has 100 valence electrons. The fraction of sp³-hybridized carbons (Fsp3) is 0.200. The predicted molar refractivity (Wildman–Crippen MR) is 71.8 cm³/mol. The Balaban J connectivity index is 2.01. The number of halogens is 2. The minimum Gasteiger partial charge on any atom is -0.487 e. The molecule has 0 unspecified atom stereocenters. The van der Waals surface area contributed by atoms with Gasteiger partial charge >= 0.3 is 5.92 Å². The summed E-state index contributed by atoms with van der Waals surface area (Å²) in [4.78, 5) is 0. The second-order valence-corrected chi connectivity index (χ2v) is 4.13. The lowest BCUT2D eigenvalue weighted by Gasteiger charge is -2.17. The van der Waals surface area contributed by atoms with Gasteiger partial charge in [-0.2, -0.15) is 8.78 Å². The summed E-state index contributed by atoms with van der Waals surface area (Å²) in [6, 6.07) is 14.5. The molecule has 4 heteroatoms. The standard InChI is InChI=1S/C15H15F2NO/c1-18-13-7-9-14(10-8-13)19-11-15(16,17)12-5-3-2-4-6-12/h2-10,18H,11H2,1H3. The average Bonchev–Trinajstić information content (AvgIpc) is 2.47. The number of benzene rings is 2. The molecule has 0 heterocycles.